The zero-order valence-corrected chi connectivity index (χ0v) is 15.1. The van der Waals surface area contributed by atoms with Crippen LogP contribution >= 0.6 is 0 Å². The van der Waals surface area contributed by atoms with Gasteiger partial charge in [0.15, 0.2) is 6.29 Å². The fourth-order valence-corrected chi connectivity index (χ4v) is 2.91. The summed E-state index contributed by atoms with van der Waals surface area (Å²) in [6.07, 6.45) is -13.2. The zero-order chi connectivity index (χ0) is 21.2. The minimum atomic E-state index is -2.28. The van der Waals surface area contributed by atoms with Crippen LogP contribution in [0.2, 0.25) is 0 Å². The Morgan fingerprint density at radius 2 is 1.71 bits per heavy atom. The number of rotatable bonds is 7. The molecule has 0 aliphatic carbocycles. The maximum Gasteiger partial charge on any atom is 0.322 e. The summed E-state index contributed by atoms with van der Waals surface area (Å²) in [7, 11) is 0. The van der Waals surface area contributed by atoms with Crippen LogP contribution in [-0.4, -0.2) is 122 Å². The number of ether oxygens (including phenoxy) is 4. The molecule has 13 nitrogen and oxygen atoms in total. The van der Waals surface area contributed by atoms with Gasteiger partial charge in [-0.25, -0.2) is 0 Å². The SMILES string of the molecule is C[C@@H](N)C(=O)OC[C@@H]1O[C@@H](O[C@@]2(CO)O[C@@H](CO)[C@H](O)[C@H]2O)[C@@H](O)[C@H](O)[C@H]1O. The molecule has 28 heavy (non-hydrogen) atoms. The van der Waals surface area contributed by atoms with E-state index in [-0.39, 0.29) is 0 Å². The van der Waals surface area contributed by atoms with Crippen LogP contribution in [0.25, 0.3) is 0 Å². The Kier molecular flexibility index (Phi) is 7.69. The van der Waals surface area contributed by atoms with Crippen molar-refractivity contribution >= 4 is 5.97 Å². The van der Waals surface area contributed by atoms with Gasteiger partial charge >= 0.3 is 5.97 Å². The average Bonchev–Trinajstić information content (AvgIpc) is 2.92. The first-order valence-corrected chi connectivity index (χ1v) is 8.63. The number of aliphatic hydroxyl groups excluding tert-OH is 7. The number of esters is 1. The Balaban J connectivity index is 2.13. The molecule has 2 heterocycles. The molecule has 2 fully saturated rings. The molecular weight excluding hydrogens is 386 g/mol. The second-order valence-corrected chi connectivity index (χ2v) is 6.80. The van der Waals surface area contributed by atoms with E-state index in [1.807, 2.05) is 0 Å². The quantitative estimate of drug-likeness (QED) is 0.183. The van der Waals surface area contributed by atoms with Crippen molar-refractivity contribution in [1.29, 1.82) is 0 Å². The number of nitrogens with two attached hydrogens (primary N) is 1. The van der Waals surface area contributed by atoms with Crippen LogP contribution < -0.4 is 5.73 Å². The first kappa shape index (κ1) is 23.3. The fraction of sp³-hybridized carbons (Fsp3) is 0.933. The van der Waals surface area contributed by atoms with E-state index in [2.05, 4.69) is 0 Å². The molecule has 0 spiro atoms. The number of hydrogen-bond donors (Lipinski definition) is 8. The Labute approximate surface area is 159 Å². The summed E-state index contributed by atoms with van der Waals surface area (Å²) in [4.78, 5) is 11.5. The lowest BCUT2D eigenvalue weighted by molar-refractivity contribution is -0.383. The molecule has 0 bridgehead atoms. The second-order valence-electron chi connectivity index (χ2n) is 6.80. The molecule has 2 aliphatic heterocycles. The number of carbonyl (C=O) groups excluding carboxylic acids is 1. The summed E-state index contributed by atoms with van der Waals surface area (Å²) in [6.45, 7) is -0.869. The van der Waals surface area contributed by atoms with Gasteiger partial charge in [0.2, 0.25) is 5.79 Å². The zero-order valence-electron chi connectivity index (χ0n) is 15.1. The van der Waals surface area contributed by atoms with Crippen molar-refractivity contribution < 1.29 is 59.5 Å². The number of carbonyl (C=O) groups is 1. The Morgan fingerprint density at radius 1 is 1.07 bits per heavy atom. The smallest absolute Gasteiger partial charge is 0.322 e. The van der Waals surface area contributed by atoms with Crippen LogP contribution in [0, 0.1) is 0 Å². The van der Waals surface area contributed by atoms with E-state index in [9.17, 15) is 40.5 Å². The maximum atomic E-state index is 11.5. The molecule has 9 N–H and O–H groups in total. The Bertz CT molecular complexity index is 535. The van der Waals surface area contributed by atoms with Crippen LogP contribution in [-0.2, 0) is 23.7 Å². The number of hydrogen-bond acceptors (Lipinski definition) is 13. The van der Waals surface area contributed by atoms with Crippen LogP contribution in [0.4, 0.5) is 0 Å². The largest absolute Gasteiger partial charge is 0.462 e. The van der Waals surface area contributed by atoms with E-state index in [4.69, 9.17) is 24.7 Å². The van der Waals surface area contributed by atoms with Crippen molar-refractivity contribution in [2.24, 2.45) is 5.73 Å². The third kappa shape index (κ3) is 4.44. The molecule has 0 radical (unpaired) electrons. The van der Waals surface area contributed by atoms with E-state index in [1.165, 1.54) is 6.92 Å². The van der Waals surface area contributed by atoms with Crippen molar-refractivity contribution in [3.63, 3.8) is 0 Å². The van der Waals surface area contributed by atoms with Crippen molar-refractivity contribution in [2.75, 3.05) is 19.8 Å². The highest BCUT2D eigenvalue weighted by molar-refractivity contribution is 5.74. The van der Waals surface area contributed by atoms with Crippen LogP contribution in [0.1, 0.15) is 6.92 Å². The van der Waals surface area contributed by atoms with Crippen LogP contribution in [0.15, 0.2) is 0 Å². The highest BCUT2D eigenvalue weighted by atomic mass is 16.8. The minimum absolute atomic E-state index is 0.539. The van der Waals surface area contributed by atoms with Gasteiger partial charge in [-0.1, -0.05) is 0 Å². The van der Waals surface area contributed by atoms with Crippen LogP contribution in [0.5, 0.6) is 0 Å². The molecule has 0 amide bonds. The topological polar surface area (TPSA) is 222 Å². The van der Waals surface area contributed by atoms with E-state index in [0.717, 1.165) is 0 Å². The second kappa shape index (κ2) is 9.23. The first-order chi connectivity index (χ1) is 13.1. The summed E-state index contributed by atoms with van der Waals surface area (Å²) in [5.74, 6) is -3.09. The van der Waals surface area contributed by atoms with E-state index in [1.54, 1.807) is 0 Å². The molecule has 0 unspecified atom stereocenters. The highest BCUT2D eigenvalue weighted by Gasteiger charge is 2.58. The lowest BCUT2D eigenvalue weighted by Crippen LogP contribution is -2.63. The molecule has 13 heteroatoms. The van der Waals surface area contributed by atoms with Gasteiger partial charge in [-0.3, -0.25) is 4.79 Å². The summed E-state index contributed by atoms with van der Waals surface area (Å²) in [5.41, 5.74) is 5.35. The van der Waals surface area contributed by atoms with Gasteiger partial charge in [-0.2, -0.15) is 0 Å². The molecule has 2 aliphatic rings. The molecule has 0 aromatic carbocycles. The summed E-state index contributed by atoms with van der Waals surface area (Å²) < 4.78 is 20.7. The van der Waals surface area contributed by atoms with Gasteiger partial charge in [0, 0.05) is 0 Å². The molecule has 2 saturated heterocycles. The lowest BCUT2D eigenvalue weighted by Gasteiger charge is -2.43. The van der Waals surface area contributed by atoms with E-state index >= 15 is 0 Å². The van der Waals surface area contributed by atoms with E-state index in [0.29, 0.717) is 0 Å². The minimum Gasteiger partial charge on any atom is -0.462 e. The van der Waals surface area contributed by atoms with Crippen molar-refractivity contribution in [3.05, 3.63) is 0 Å². The normalized spacial score (nSPS) is 45.0. The van der Waals surface area contributed by atoms with Gasteiger partial charge in [-0.05, 0) is 6.92 Å². The maximum absolute atomic E-state index is 11.5. The molecular formula is C15H27NO12. The third-order valence-electron chi connectivity index (χ3n) is 4.65. The molecule has 2 rings (SSSR count). The number of aliphatic hydroxyl groups is 7. The molecule has 164 valence electrons. The lowest BCUT2D eigenvalue weighted by atomic mass is 9.99. The molecule has 10 atom stereocenters. The first-order valence-electron chi connectivity index (χ1n) is 8.63. The van der Waals surface area contributed by atoms with Gasteiger partial charge in [0.05, 0.1) is 6.61 Å². The van der Waals surface area contributed by atoms with E-state index < -0.39 is 86.6 Å². The molecule has 0 saturated carbocycles. The average molecular weight is 413 g/mol. The van der Waals surface area contributed by atoms with Crippen molar-refractivity contribution in [1.82, 2.24) is 0 Å². The predicted molar refractivity (Wildman–Crippen MR) is 86.2 cm³/mol. The summed E-state index contributed by atoms with van der Waals surface area (Å²) >= 11 is 0. The van der Waals surface area contributed by atoms with Crippen LogP contribution in [0.3, 0.4) is 0 Å². The highest BCUT2D eigenvalue weighted by Crippen LogP contribution is 2.35. The fourth-order valence-electron chi connectivity index (χ4n) is 2.91. The van der Waals surface area contributed by atoms with Crippen molar-refractivity contribution in [2.45, 2.75) is 67.8 Å². The summed E-state index contributed by atoms with van der Waals surface area (Å²) in [6, 6.07) is -0.945. The van der Waals surface area contributed by atoms with Gasteiger partial charge in [-0.15, -0.1) is 0 Å². The van der Waals surface area contributed by atoms with Gasteiger partial charge in [0.1, 0.15) is 62.0 Å². The standard InChI is InChI=1S/C15H27NO12/c1-5(16)13(24)25-3-7-8(19)10(21)11(22)14(26-7)28-15(4-18)12(23)9(20)6(2-17)27-15/h5-12,14,17-23H,2-4,16H2,1H3/t5-,6+,7+,8+,9+,10-,11+,12-,14+,15-/m1/s1. The molecule has 0 aromatic rings. The van der Waals surface area contributed by atoms with Gasteiger partial charge < -0.3 is 60.4 Å². The molecule has 0 aromatic heterocycles. The Morgan fingerprint density at radius 3 is 2.21 bits per heavy atom. The van der Waals surface area contributed by atoms with Gasteiger partial charge in [0.25, 0.3) is 0 Å². The third-order valence-corrected chi connectivity index (χ3v) is 4.65. The predicted octanol–water partition coefficient (Wildman–Crippen LogP) is -5.50. The Hall–Kier alpha value is -0.970. The summed E-state index contributed by atoms with van der Waals surface area (Å²) in [5, 5.41) is 69.0. The van der Waals surface area contributed by atoms with Crippen molar-refractivity contribution in [3.8, 4) is 0 Å². The monoisotopic (exact) mass is 413 g/mol.